The minimum atomic E-state index is -3.80. The Morgan fingerprint density at radius 2 is 1.85 bits per heavy atom. The van der Waals surface area contributed by atoms with E-state index in [2.05, 4.69) is 5.32 Å². The Kier molecular flexibility index (Phi) is 3.89. The van der Waals surface area contributed by atoms with Crippen molar-refractivity contribution in [3.05, 3.63) is 53.6 Å². The largest absolute Gasteiger partial charge is 0.497 e. The summed E-state index contributed by atoms with van der Waals surface area (Å²) in [7, 11) is -2.24. The van der Waals surface area contributed by atoms with Gasteiger partial charge in [-0.15, -0.1) is 0 Å². The molecule has 0 unspecified atom stereocenters. The molecule has 1 aliphatic heterocycles. The molecule has 1 aliphatic carbocycles. The molecule has 2 aromatic rings. The van der Waals surface area contributed by atoms with Crippen molar-refractivity contribution in [3.63, 3.8) is 0 Å². The topological polar surface area (TPSA) is 75.7 Å². The Morgan fingerprint density at radius 1 is 1.19 bits per heavy atom. The second kappa shape index (κ2) is 5.89. The van der Waals surface area contributed by atoms with Crippen LogP contribution in [0.2, 0.25) is 5.02 Å². The van der Waals surface area contributed by atoms with Crippen LogP contribution < -0.4 is 14.4 Å². The molecule has 0 bridgehead atoms. The third kappa shape index (κ3) is 2.46. The van der Waals surface area contributed by atoms with Gasteiger partial charge in [0.25, 0.3) is 0 Å². The number of nitrogens with one attached hydrogen (secondary N) is 1. The molecular weight excluding hydrogens is 376 g/mol. The smallest absolute Gasteiger partial charge is 0.250 e. The molecule has 0 radical (unpaired) electrons. The minimum Gasteiger partial charge on any atom is -0.497 e. The maximum Gasteiger partial charge on any atom is 0.250 e. The number of fused-ring (bicyclic) bond motifs is 1. The average Bonchev–Trinajstić information content (AvgIpc) is 3.32. The van der Waals surface area contributed by atoms with E-state index in [4.69, 9.17) is 16.3 Å². The quantitative estimate of drug-likeness (QED) is 0.868. The van der Waals surface area contributed by atoms with Gasteiger partial charge in [-0.05, 0) is 55.0 Å². The Labute approximate surface area is 156 Å². The SMILES string of the molecule is COc1ccc(NC(=O)[C@@]23C[C@@H]2CN(c2ccc(Cl)cc2)S3(=O)=O)cc1. The van der Waals surface area contributed by atoms with Gasteiger partial charge in [0.1, 0.15) is 5.75 Å². The van der Waals surface area contributed by atoms with Crippen molar-refractivity contribution in [1.29, 1.82) is 0 Å². The van der Waals surface area contributed by atoms with Crippen molar-refractivity contribution in [2.75, 3.05) is 23.3 Å². The highest BCUT2D eigenvalue weighted by Crippen LogP contribution is 2.58. The first-order valence-electron chi connectivity index (χ1n) is 8.12. The van der Waals surface area contributed by atoms with Gasteiger partial charge in [0.05, 0.1) is 12.8 Å². The van der Waals surface area contributed by atoms with Crippen molar-refractivity contribution in [2.45, 2.75) is 11.2 Å². The zero-order chi connectivity index (χ0) is 18.5. The summed E-state index contributed by atoms with van der Waals surface area (Å²) in [6.07, 6.45) is 0.349. The molecule has 6 nitrogen and oxygen atoms in total. The summed E-state index contributed by atoms with van der Waals surface area (Å²) < 4.78 is 31.2. The second-order valence-electron chi connectivity index (χ2n) is 6.49. The number of amides is 1. The van der Waals surface area contributed by atoms with Crippen molar-refractivity contribution in [2.24, 2.45) is 5.92 Å². The summed E-state index contributed by atoms with van der Waals surface area (Å²) in [4.78, 5) is 12.8. The first kappa shape index (κ1) is 17.2. The fourth-order valence-corrected chi connectivity index (χ4v) is 5.98. The summed E-state index contributed by atoms with van der Waals surface area (Å²) in [5.74, 6) is -0.0292. The van der Waals surface area contributed by atoms with Gasteiger partial charge in [0, 0.05) is 23.2 Å². The molecule has 4 rings (SSSR count). The Hall–Kier alpha value is -2.25. The predicted molar refractivity (Wildman–Crippen MR) is 100 cm³/mol. The molecule has 8 heteroatoms. The van der Waals surface area contributed by atoms with Crippen LogP contribution in [0.15, 0.2) is 48.5 Å². The lowest BCUT2D eigenvalue weighted by molar-refractivity contribution is -0.116. The number of rotatable bonds is 4. The van der Waals surface area contributed by atoms with E-state index in [1.54, 1.807) is 55.6 Å². The van der Waals surface area contributed by atoms with Crippen molar-refractivity contribution < 1.29 is 17.9 Å². The number of carbonyl (C=O) groups is 1. The van der Waals surface area contributed by atoms with Crippen LogP contribution in [-0.4, -0.2) is 32.7 Å². The van der Waals surface area contributed by atoms with Gasteiger partial charge in [0.15, 0.2) is 4.75 Å². The molecule has 1 saturated heterocycles. The molecule has 2 fully saturated rings. The number of ether oxygens (including phenoxy) is 1. The Bertz CT molecular complexity index is 960. The van der Waals surface area contributed by atoms with Gasteiger partial charge in [-0.25, -0.2) is 8.42 Å². The van der Waals surface area contributed by atoms with Crippen LogP contribution in [-0.2, 0) is 14.8 Å². The number of anilines is 2. The highest BCUT2D eigenvalue weighted by molar-refractivity contribution is 7.95. The molecule has 1 saturated carbocycles. The van der Waals surface area contributed by atoms with Crippen LogP contribution in [0.1, 0.15) is 6.42 Å². The number of hydrogen-bond acceptors (Lipinski definition) is 4. The molecule has 0 aromatic heterocycles. The number of hydrogen-bond donors (Lipinski definition) is 1. The molecule has 26 heavy (non-hydrogen) atoms. The third-order valence-electron chi connectivity index (χ3n) is 5.03. The van der Waals surface area contributed by atoms with Crippen molar-refractivity contribution in [3.8, 4) is 5.75 Å². The number of benzene rings is 2. The van der Waals surface area contributed by atoms with Crippen LogP contribution in [0.25, 0.3) is 0 Å². The number of carbonyl (C=O) groups excluding carboxylic acids is 1. The normalized spacial score (nSPS) is 25.5. The van der Waals surface area contributed by atoms with Crippen LogP contribution in [0.3, 0.4) is 0 Å². The van der Waals surface area contributed by atoms with E-state index < -0.39 is 20.7 Å². The summed E-state index contributed by atoms with van der Waals surface area (Å²) >= 11 is 5.88. The van der Waals surface area contributed by atoms with Gasteiger partial charge in [-0.1, -0.05) is 11.6 Å². The monoisotopic (exact) mass is 392 g/mol. The highest BCUT2D eigenvalue weighted by atomic mass is 35.5. The number of methoxy groups -OCH3 is 1. The summed E-state index contributed by atoms with van der Waals surface area (Å²) in [6.45, 7) is 0.306. The molecule has 1 heterocycles. The lowest BCUT2D eigenvalue weighted by atomic mass is 10.2. The molecule has 1 N–H and O–H groups in total. The number of halogens is 1. The third-order valence-corrected chi connectivity index (χ3v) is 7.83. The van der Waals surface area contributed by atoms with E-state index in [9.17, 15) is 13.2 Å². The highest BCUT2D eigenvalue weighted by Gasteiger charge is 2.75. The van der Waals surface area contributed by atoms with Crippen LogP contribution >= 0.6 is 11.6 Å². The first-order valence-corrected chi connectivity index (χ1v) is 9.93. The van der Waals surface area contributed by atoms with Crippen LogP contribution in [0, 0.1) is 5.92 Å². The zero-order valence-electron chi connectivity index (χ0n) is 14.0. The molecule has 1 amide bonds. The lowest BCUT2D eigenvalue weighted by Gasteiger charge is -2.23. The fraction of sp³-hybridized carbons (Fsp3) is 0.278. The minimum absolute atomic E-state index is 0.207. The van der Waals surface area contributed by atoms with E-state index >= 15 is 0 Å². The van der Waals surface area contributed by atoms with E-state index in [1.165, 1.54) is 4.31 Å². The molecule has 0 spiro atoms. The van der Waals surface area contributed by atoms with Gasteiger partial charge in [0.2, 0.25) is 15.9 Å². The summed E-state index contributed by atoms with van der Waals surface area (Å²) in [5, 5.41) is 3.26. The van der Waals surface area contributed by atoms with Gasteiger partial charge < -0.3 is 10.1 Å². The predicted octanol–water partition coefficient (Wildman–Crippen LogP) is 2.90. The van der Waals surface area contributed by atoms with E-state index in [0.29, 0.717) is 35.1 Å². The lowest BCUT2D eigenvalue weighted by Crippen LogP contribution is -2.42. The fourth-order valence-electron chi connectivity index (χ4n) is 3.49. The molecule has 2 atom stereocenters. The first-order chi connectivity index (χ1) is 12.4. The molecule has 136 valence electrons. The maximum atomic E-state index is 13.1. The van der Waals surface area contributed by atoms with Gasteiger partial charge in [-0.3, -0.25) is 9.10 Å². The number of nitrogens with zero attached hydrogens (tertiary/aromatic N) is 1. The van der Waals surface area contributed by atoms with Crippen LogP contribution in [0.4, 0.5) is 11.4 Å². The Balaban J connectivity index is 1.58. The van der Waals surface area contributed by atoms with Gasteiger partial charge >= 0.3 is 0 Å². The second-order valence-corrected chi connectivity index (χ2v) is 9.04. The summed E-state index contributed by atoms with van der Waals surface area (Å²) in [6, 6.07) is 13.4. The van der Waals surface area contributed by atoms with Crippen molar-refractivity contribution in [1.82, 2.24) is 0 Å². The molecule has 2 aliphatic rings. The Morgan fingerprint density at radius 3 is 2.46 bits per heavy atom. The molecule has 2 aromatic carbocycles. The van der Waals surface area contributed by atoms with Crippen molar-refractivity contribution >= 4 is 38.9 Å². The van der Waals surface area contributed by atoms with Gasteiger partial charge in [-0.2, -0.15) is 0 Å². The standard InChI is InChI=1S/C18H17ClN2O4S/c1-25-16-8-4-14(5-9-16)20-17(22)18-10-12(18)11-21(26(18,23)24)15-6-2-13(19)3-7-15/h2-9,12H,10-11H2,1H3,(H,20,22)/t12-,18-/m1/s1. The average molecular weight is 393 g/mol. The zero-order valence-corrected chi connectivity index (χ0v) is 15.5. The van der Waals surface area contributed by atoms with E-state index in [0.717, 1.165) is 0 Å². The number of sulfonamides is 1. The maximum absolute atomic E-state index is 13.1. The summed E-state index contributed by atoms with van der Waals surface area (Å²) in [5.41, 5.74) is 1.06. The van der Waals surface area contributed by atoms with E-state index in [-0.39, 0.29) is 5.92 Å². The van der Waals surface area contributed by atoms with E-state index in [1.807, 2.05) is 0 Å². The van der Waals surface area contributed by atoms with Crippen LogP contribution in [0.5, 0.6) is 5.75 Å². The molecular formula is C18H17ClN2O4S.